The van der Waals surface area contributed by atoms with E-state index in [9.17, 15) is 0 Å². The fourth-order valence-corrected chi connectivity index (χ4v) is 1.58. The summed E-state index contributed by atoms with van der Waals surface area (Å²) in [4.78, 5) is 4.17. The molecule has 0 bridgehead atoms. The van der Waals surface area contributed by atoms with Crippen molar-refractivity contribution in [3.63, 3.8) is 0 Å². The maximum absolute atomic E-state index is 5.27. The average molecular weight is 197 g/mol. The van der Waals surface area contributed by atoms with E-state index < -0.39 is 0 Å². The maximum atomic E-state index is 5.27. The van der Waals surface area contributed by atoms with E-state index in [1.54, 1.807) is 6.92 Å². The smallest absolute Gasteiger partial charge is 0.223 e. The van der Waals surface area contributed by atoms with Crippen LogP contribution in [0.3, 0.4) is 0 Å². The zero-order valence-electron chi connectivity index (χ0n) is 8.49. The zero-order valence-corrected chi connectivity index (χ0v) is 8.49. The van der Waals surface area contributed by atoms with Crippen molar-refractivity contribution >= 4 is 0 Å². The van der Waals surface area contributed by atoms with Crippen LogP contribution in [0.5, 0.6) is 0 Å². The number of aryl methyl sites for hydroxylation is 1. The second kappa shape index (κ2) is 4.06. The molecule has 2 rings (SSSR count). The number of rotatable bonds is 3. The van der Waals surface area contributed by atoms with Crippen LogP contribution in [0.1, 0.15) is 31.1 Å². The first-order valence-corrected chi connectivity index (χ1v) is 4.89. The van der Waals surface area contributed by atoms with Gasteiger partial charge in [0.1, 0.15) is 0 Å². The van der Waals surface area contributed by atoms with Gasteiger partial charge in [0.25, 0.3) is 0 Å². The molecule has 2 atom stereocenters. The van der Waals surface area contributed by atoms with Crippen LogP contribution in [0.2, 0.25) is 0 Å². The van der Waals surface area contributed by atoms with Crippen LogP contribution in [-0.4, -0.2) is 29.4 Å². The van der Waals surface area contributed by atoms with Crippen LogP contribution in [0.25, 0.3) is 0 Å². The van der Waals surface area contributed by atoms with E-state index in [2.05, 4.69) is 15.5 Å². The average Bonchev–Trinajstić information content (AvgIpc) is 2.75. The van der Waals surface area contributed by atoms with Crippen molar-refractivity contribution in [2.75, 3.05) is 13.2 Å². The Morgan fingerprint density at radius 1 is 1.57 bits per heavy atom. The van der Waals surface area contributed by atoms with Crippen molar-refractivity contribution in [1.82, 2.24) is 15.5 Å². The monoisotopic (exact) mass is 197 g/mol. The van der Waals surface area contributed by atoms with Crippen LogP contribution in [0.15, 0.2) is 4.52 Å². The van der Waals surface area contributed by atoms with Gasteiger partial charge >= 0.3 is 0 Å². The van der Waals surface area contributed by atoms with Gasteiger partial charge in [0.2, 0.25) is 5.89 Å². The van der Waals surface area contributed by atoms with E-state index in [-0.39, 0.29) is 6.04 Å². The molecule has 2 unspecified atom stereocenters. The van der Waals surface area contributed by atoms with Crippen molar-refractivity contribution in [3.05, 3.63) is 11.7 Å². The quantitative estimate of drug-likeness (QED) is 0.777. The molecule has 0 saturated carbocycles. The highest BCUT2D eigenvalue weighted by molar-refractivity contribution is 4.92. The molecular formula is C9H15N3O2. The zero-order chi connectivity index (χ0) is 9.97. The Bertz CT molecular complexity index is 294. The lowest BCUT2D eigenvalue weighted by molar-refractivity contribution is 0.188. The molecule has 0 amide bonds. The third-order valence-electron chi connectivity index (χ3n) is 2.35. The Kier molecular flexibility index (Phi) is 2.79. The fourth-order valence-electron chi connectivity index (χ4n) is 1.58. The Morgan fingerprint density at radius 2 is 2.43 bits per heavy atom. The predicted molar refractivity (Wildman–Crippen MR) is 49.8 cm³/mol. The van der Waals surface area contributed by atoms with Gasteiger partial charge < -0.3 is 14.6 Å². The molecule has 1 aliphatic rings. The fraction of sp³-hybridized carbons (Fsp3) is 0.778. The Hall–Kier alpha value is -0.940. The molecule has 0 radical (unpaired) electrons. The summed E-state index contributed by atoms with van der Waals surface area (Å²) in [5, 5.41) is 7.27. The Labute approximate surface area is 82.8 Å². The molecule has 1 N–H and O–H groups in total. The standard InChI is InChI=1S/C9H15N3O2/c1-6(9-11-7(2)14-12-9)10-8-3-4-13-5-8/h6,8,10H,3-5H2,1-2H3. The van der Waals surface area contributed by atoms with Crippen LogP contribution in [0.4, 0.5) is 0 Å². The lowest BCUT2D eigenvalue weighted by atomic mass is 10.2. The van der Waals surface area contributed by atoms with Gasteiger partial charge in [0, 0.05) is 19.6 Å². The first-order chi connectivity index (χ1) is 6.75. The number of ether oxygens (including phenoxy) is 1. The van der Waals surface area contributed by atoms with Gasteiger partial charge in [-0.1, -0.05) is 5.16 Å². The first kappa shape index (κ1) is 9.61. The van der Waals surface area contributed by atoms with Crippen molar-refractivity contribution < 1.29 is 9.26 Å². The molecule has 0 aromatic carbocycles. The molecule has 14 heavy (non-hydrogen) atoms. The van der Waals surface area contributed by atoms with E-state index >= 15 is 0 Å². The summed E-state index contributed by atoms with van der Waals surface area (Å²) in [6.07, 6.45) is 1.06. The van der Waals surface area contributed by atoms with Gasteiger partial charge in [0.05, 0.1) is 12.6 Å². The minimum atomic E-state index is 0.124. The molecule has 5 nitrogen and oxygen atoms in total. The van der Waals surface area contributed by atoms with Crippen LogP contribution in [-0.2, 0) is 4.74 Å². The molecule has 2 heterocycles. The molecule has 1 aromatic rings. The summed E-state index contributed by atoms with van der Waals surface area (Å²) in [7, 11) is 0. The normalized spacial score (nSPS) is 24.0. The van der Waals surface area contributed by atoms with Crippen LogP contribution in [0, 0.1) is 6.92 Å². The topological polar surface area (TPSA) is 60.2 Å². The number of nitrogens with one attached hydrogen (secondary N) is 1. The summed E-state index contributed by atoms with van der Waals surface area (Å²) in [6.45, 7) is 5.45. The van der Waals surface area contributed by atoms with Crippen molar-refractivity contribution in [2.24, 2.45) is 0 Å². The Balaban J connectivity index is 1.91. The molecule has 0 aliphatic carbocycles. The highest BCUT2D eigenvalue weighted by atomic mass is 16.5. The third-order valence-corrected chi connectivity index (χ3v) is 2.35. The van der Waals surface area contributed by atoms with Crippen LogP contribution < -0.4 is 5.32 Å². The third kappa shape index (κ3) is 2.10. The highest BCUT2D eigenvalue weighted by Gasteiger charge is 2.20. The largest absolute Gasteiger partial charge is 0.380 e. The summed E-state index contributed by atoms with van der Waals surface area (Å²) in [5.74, 6) is 1.32. The second-order valence-corrected chi connectivity index (χ2v) is 3.62. The van der Waals surface area contributed by atoms with Crippen molar-refractivity contribution in [3.8, 4) is 0 Å². The second-order valence-electron chi connectivity index (χ2n) is 3.62. The van der Waals surface area contributed by atoms with E-state index in [0.717, 1.165) is 25.5 Å². The summed E-state index contributed by atoms with van der Waals surface area (Å²) in [6, 6.07) is 0.544. The lowest BCUT2D eigenvalue weighted by Gasteiger charge is -2.14. The van der Waals surface area contributed by atoms with Crippen molar-refractivity contribution in [2.45, 2.75) is 32.4 Å². The summed E-state index contributed by atoms with van der Waals surface area (Å²) >= 11 is 0. The summed E-state index contributed by atoms with van der Waals surface area (Å²) < 4.78 is 10.2. The molecule has 1 fully saturated rings. The van der Waals surface area contributed by atoms with Gasteiger partial charge in [-0.15, -0.1) is 0 Å². The van der Waals surface area contributed by atoms with Crippen molar-refractivity contribution in [1.29, 1.82) is 0 Å². The van der Waals surface area contributed by atoms with Crippen LogP contribution >= 0.6 is 0 Å². The van der Waals surface area contributed by atoms with Gasteiger partial charge in [-0.2, -0.15) is 4.98 Å². The van der Waals surface area contributed by atoms with E-state index in [0.29, 0.717) is 11.9 Å². The number of hydrogen-bond donors (Lipinski definition) is 1. The van der Waals surface area contributed by atoms with Gasteiger partial charge in [-0.3, -0.25) is 0 Å². The van der Waals surface area contributed by atoms with Gasteiger partial charge in [0.15, 0.2) is 5.82 Å². The maximum Gasteiger partial charge on any atom is 0.223 e. The molecule has 1 aliphatic heterocycles. The predicted octanol–water partition coefficient (Wildman–Crippen LogP) is 0.818. The molecular weight excluding hydrogens is 182 g/mol. The van der Waals surface area contributed by atoms with E-state index in [1.807, 2.05) is 6.92 Å². The van der Waals surface area contributed by atoms with E-state index in [4.69, 9.17) is 9.26 Å². The molecule has 5 heteroatoms. The molecule has 78 valence electrons. The SMILES string of the molecule is Cc1nc(C(C)NC2CCOC2)no1. The minimum Gasteiger partial charge on any atom is -0.380 e. The first-order valence-electron chi connectivity index (χ1n) is 4.89. The summed E-state index contributed by atoms with van der Waals surface area (Å²) in [5.41, 5.74) is 0. The minimum absolute atomic E-state index is 0.124. The number of hydrogen-bond acceptors (Lipinski definition) is 5. The van der Waals surface area contributed by atoms with E-state index in [1.165, 1.54) is 0 Å². The molecule has 0 spiro atoms. The molecule has 1 saturated heterocycles. The lowest BCUT2D eigenvalue weighted by Crippen LogP contribution is -2.32. The van der Waals surface area contributed by atoms with Gasteiger partial charge in [-0.25, -0.2) is 0 Å². The number of aromatic nitrogens is 2. The van der Waals surface area contributed by atoms with Gasteiger partial charge in [-0.05, 0) is 13.3 Å². The number of nitrogens with zero attached hydrogens (tertiary/aromatic N) is 2. The highest BCUT2D eigenvalue weighted by Crippen LogP contribution is 2.12. The molecule has 1 aromatic heterocycles. The Morgan fingerprint density at radius 3 is 3.00 bits per heavy atom.